The van der Waals surface area contributed by atoms with E-state index in [9.17, 15) is 5.11 Å². The first-order valence-corrected chi connectivity index (χ1v) is 6.76. The average molecular weight is 227 g/mol. The van der Waals surface area contributed by atoms with Crippen molar-refractivity contribution in [2.24, 2.45) is 0 Å². The second-order valence-corrected chi connectivity index (χ2v) is 4.21. The molecular weight excluding hydrogens is 200 g/mol. The van der Waals surface area contributed by atoms with E-state index in [1.54, 1.807) is 6.26 Å². The van der Waals surface area contributed by atoms with Gasteiger partial charge in [-0.2, -0.15) is 0 Å². The van der Waals surface area contributed by atoms with Crippen LogP contribution >= 0.6 is 0 Å². The Morgan fingerprint density at radius 2 is 1.62 bits per heavy atom. The Bertz CT molecular complexity index is 144. The lowest BCUT2D eigenvalue weighted by atomic mass is 10.1. The van der Waals surface area contributed by atoms with Gasteiger partial charge in [-0.3, -0.25) is 0 Å². The van der Waals surface area contributed by atoms with Crippen molar-refractivity contribution in [2.75, 3.05) is 13.2 Å². The maximum Gasteiger partial charge on any atom is 0.0896 e. The lowest BCUT2D eigenvalue weighted by molar-refractivity contribution is 0.150. The van der Waals surface area contributed by atoms with E-state index < -0.39 is 0 Å². The van der Waals surface area contributed by atoms with Crippen molar-refractivity contribution in [1.82, 2.24) is 0 Å². The Morgan fingerprint density at radius 1 is 0.938 bits per heavy atom. The highest BCUT2D eigenvalue weighted by Gasteiger charge is 1.89. The Hall–Kier alpha value is -0.500. The van der Waals surface area contributed by atoms with Gasteiger partial charge >= 0.3 is 0 Å². The predicted molar refractivity (Wildman–Crippen MR) is 67.9 cm³/mol. The van der Waals surface area contributed by atoms with Gasteiger partial charge in [-0.15, -0.1) is 0 Å². The highest BCUT2D eigenvalue weighted by atomic mass is 16.5. The Labute approximate surface area is 101 Å². The van der Waals surface area contributed by atoms with Crippen molar-refractivity contribution in [1.29, 1.82) is 0 Å². The first kappa shape index (κ1) is 15.5. The van der Waals surface area contributed by atoms with Crippen LogP contribution in [0, 0.1) is 0 Å². The summed E-state index contributed by atoms with van der Waals surface area (Å²) in [6, 6.07) is 0. The van der Waals surface area contributed by atoms with Gasteiger partial charge < -0.3 is 4.74 Å². The van der Waals surface area contributed by atoms with Gasteiger partial charge in [0.05, 0.1) is 19.5 Å². The minimum atomic E-state index is -0.0361. The molecule has 0 fully saturated rings. The van der Waals surface area contributed by atoms with Crippen LogP contribution in [0.15, 0.2) is 12.3 Å². The molecule has 95 valence electrons. The zero-order valence-electron chi connectivity index (χ0n) is 10.7. The standard InChI is InChI=1S/C14H27O2/c1-2-3-4-5-6-7-8-9-10-13-16-14-11-12-15/h10,13H,2-9,11-12,14H2,1H3. The molecule has 0 bridgehead atoms. The number of unbranched alkanes of at least 4 members (excludes halogenated alkanes) is 7. The van der Waals surface area contributed by atoms with E-state index in [1.807, 2.05) is 0 Å². The van der Waals surface area contributed by atoms with Gasteiger partial charge in [-0.25, -0.2) is 5.11 Å². The molecule has 0 heterocycles. The van der Waals surface area contributed by atoms with Gasteiger partial charge in [-0.1, -0.05) is 45.4 Å². The first-order chi connectivity index (χ1) is 7.91. The molecule has 0 saturated heterocycles. The summed E-state index contributed by atoms with van der Waals surface area (Å²) in [6.45, 7) is 2.78. The summed E-state index contributed by atoms with van der Waals surface area (Å²) >= 11 is 0. The summed E-state index contributed by atoms with van der Waals surface area (Å²) in [4.78, 5) is 0. The van der Waals surface area contributed by atoms with Gasteiger partial charge in [0.2, 0.25) is 0 Å². The highest BCUT2D eigenvalue weighted by Crippen LogP contribution is 2.08. The van der Waals surface area contributed by atoms with Crippen molar-refractivity contribution in [2.45, 2.75) is 64.7 Å². The molecule has 2 heteroatoms. The van der Waals surface area contributed by atoms with Crippen molar-refractivity contribution in [3.63, 3.8) is 0 Å². The third-order valence-corrected chi connectivity index (χ3v) is 2.57. The number of hydrogen-bond acceptors (Lipinski definition) is 1. The summed E-state index contributed by atoms with van der Waals surface area (Å²) in [5, 5.41) is 10.1. The third kappa shape index (κ3) is 13.5. The minimum Gasteiger partial charge on any atom is -0.501 e. The quantitative estimate of drug-likeness (QED) is 0.357. The first-order valence-electron chi connectivity index (χ1n) is 6.76. The molecule has 16 heavy (non-hydrogen) atoms. The van der Waals surface area contributed by atoms with Gasteiger partial charge in [0.25, 0.3) is 0 Å². The smallest absolute Gasteiger partial charge is 0.0896 e. The largest absolute Gasteiger partial charge is 0.501 e. The third-order valence-electron chi connectivity index (χ3n) is 2.57. The lowest BCUT2D eigenvalue weighted by Gasteiger charge is -1.99. The molecule has 0 aliphatic heterocycles. The SMILES string of the molecule is CCCCCCCCCC=COCCC[O]. The molecule has 0 aliphatic rings. The molecule has 0 aliphatic carbocycles. The van der Waals surface area contributed by atoms with Crippen LogP contribution in [0.25, 0.3) is 0 Å². The molecule has 1 radical (unpaired) electrons. The second-order valence-electron chi connectivity index (χ2n) is 4.21. The van der Waals surface area contributed by atoms with Crippen LogP contribution in [-0.2, 0) is 9.84 Å². The Morgan fingerprint density at radius 3 is 2.31 bits per heavy atom. The van der Waals surface area contributed by atoms with E-state index in [-0.39, 0.29) is 6.61 Å². The normalized spacial score (nSPS) is 11.1. The van der Waals surface area contributed by atoms with E-state index in [4.69, 9.17) is 4.74 Å². The molecule has 0 aromatic rings. The Kier molecular flexibility index (Phi) is 14.0. The fourth-order valence-corrected chi connectivity index (χ4v) is 1.57. The number of hydrogen-bond donors (Lipinski definition) is 0. The number of allylic oxidation sites excluding steroid dienone is 1. The van der Waals surface area contributed by atoms with Gasteiger partial charge in [-0.05, 0) is 18.9 Å². The topological polar surface area (TPSA) is 29.1 Å². The van der Waals surface area contributed by atoms with Crippen LogP contribution in [-0.4, -0.2) is 13.2 Å². The molecule has 0 spiro atoms. The molecule has 0 aromatic carbocycles. The van der Waals surface area contributed by atoms with Crippen LogP contribution in [0.2, 0.25) is 0 Å². The summed E-state index contributed by atoms with van der Waals surface area (Å²) in [5.74, 6) is 0. The van der Waals surface area contributed by atoms with E-state index >= 15 is 0 Å². The number of ether oxygens (including phenoxy) is 1. The summed E-state index contributed by atoms with van der Waals surface area (Å²) in [5.41, 5.74) is 0. The fourth-order valence-electron chi connectivity index (χ4n) is 1.57. The van der Waals surface area contributed by atoms with E-state index in [1.165, 1.54) is 44.9 Å². The van der Waals surface area contributed by atoms with Crippen LogP contribution in [0.3, 0.4) is 0 Å². The van der Waals surface area contributed by atoms with E-state index in [0.29, 0.717) is 13.0 Å². The van der Waals surface area contributed by atoms with Crippen LogP contribution < -0.4 is 0 Å². The monoisotopic (exact) mass is 227 g/mol. The maximum absolute atomic E-state index is 10.1. The van der Waals surface area contributed by atoms with Crippen LogP contribution in [0.1, 0.15) is 64.7 Å². The minimum absolute atomic E-state index is 0.0361. The zero-order chi connectivity index (χ0) is 11.9. The van der Waals surface area contributed by atoms with E-state index in [0.717, 1.165) is 6.42 Å². The van der Waals surface area contributed by atoms with Crippen molar-refractivity contribution in [3.05, 3.63) is 12.3 Å². The Balaban J connectivity index is 2.97. The van der Waals surface area contributed by atoms with Crippen LogP contribution in [0.5, 0.6) is 0 Å². The van der Waals surface area contributed by atoms with Crippen molar-refractivity contribution < 1.29 is 9.84 Å². The van der Waals surface area contributed by atoms with Gasteiger partial charge in [0, 0.05) is 6.42 Å². The van der Waals surface area contributed by atoms with E-state index in [2.05, 4.69) is 13.0 Å². The fraction of sp³-hybridized carbons (Fsp3) is 0.857. The molecular formula is C14H27O2. The molecule has 0 saturated carbocycles. The summed E-state index contributed by atoms with van der Waals surface area (Å²) in [7, 11) is 0. The molecule has 0 rings (SSSR count). The van der Waals surface area contributed by atoms with Crippen molar-refractivity contribution in [3.8, 4) is 0 Å². The summed E-state index contributed by atoms with van der Waals surface area (Å²) in [6.07, 6.45) is 15.0. The highest BCUT2D eigenvalue weighted by molar-refractivity contribution is 4.73. The van der Waals surface area contributed by atoms with Gasteiger partial charge in [0.15, 0.2) is 0 Å². The average Bonchev–Trinajstić information content (AvgIpc) is 2.31. The van der Waals surface area contributed by atoms with Gasteiger partial charge in [0.1, 0.15) is 0 Å². The summed E-state index contributed by atoms with van der Waals surface area (Å²) < 4.78 is 5.15. The van der Waals surface area contributed by atoms with Crippen molar-refractivity contribution >= 4 is 0 Å². The molecule has 2 nitrogen and oxygen atoms in total. The molecule has 0 N–H and O–H groups in total. The molecule has 0 amide bonds. The molecule has 0 atom stereocenters. The van der Waals surface area contributed by atoms with Crippen LogP contribution in [0.4, 0.5) is 0 Å². The molecule has 0 aromatic heterocycles. The zero-order valence-corrected chi connectivity index (χ0v) is 10.7. The lowest BCUT2D eigenvalue weighted by Crippen LogP contribution is -1.89. The number of rotatable bonds is 12. The predicted octanol–water partition coefficient (Wildman–Crippen LogP) is 4.48. The maximum atomic E-state index is 10.1. The molecule has 0 unspecified atom stereocenters. The second kappa shape index (κ2) is 14.5.